The highest BCUT2D eigenvalue weighted by Gasteiger charge is 2.19. The summed E-state index contributed by atoms with van der Waals surface area (Å²) in [6.07, 6.45) is 2.18. The zero-order valence-electron chi connectivity index (χ0n) is 13.0. The van der Waals surface area contributed by atoms with Gasteiger partial charge in [-0.2, -0.15) is 0 Å². The normalized spacial score (nSPS) is 20.3. The van der Waals surface area contributed by atoms with E-state index in [1.165, 1.54) is 0 Å². The molecule has 0 saturated carbocycles. The van der Waals surface area contributed by atoms with Crippen molar-refractivity contribution in [1.29, 1.82) is 0 Å². The number of piperazine rings is 1. The number of imidazole rings is 1. The molecule has 124 valence electrons. The molecule has 2 aromatic rings. The second-order valence-electron chi connectivity index (χ2n) is 6.03. The maximum absolute atomic E-state index is 6.50. The molecule has 0 radical (unpaired) electrons. The molecule has 1 aromatic heterocycles. The van der Waals surface area contributed by atoms with E-state index >= 15 is 0 Å². The van der Waals surface area contributed by atoms with E-state index in [-0.39, 0.29) is 0 Å². The molecule has 2 aliphatic rings. The molecule has 23 heavy (non-hydrogen) atoms. The van der Waals surface area contributed by atoms with Gasteiger partial charge < -0.3 is 19.9 Å². The number of thioether (sulfide) groups is 1. The summed E-state index contributed by atoms with van der Waals surface area (Å²) in [5.74, 6) is 0. The van der Waals surface area contributed by atoms with Crippen LogP contribution in [0.3, 0.4) is 0 Å². The minimum Gasteiger partial charge on any atom is -0.381 e. The predicted molar refractivity (Wildman–Crippen MR) is 95.9 cm³/mol. The number of hydrogen-bond donors (Lipinski definition) is 2. The van der Waals surface area contributed by atoms with Gasteiger partial charge in [0.1, 0.15) is 0 Å². The van der Waals surface area contributed by atoms with Gasteiger partial charge in [0.2, 0.25) is 0 Å². The van der Waals surface area contributed by atoms with E-state index in [1.54, 1.807) is 0 Å². The third-order valence-corrected chi connectivity index (χ3v) is 5.96. The monoisotopic (exact) mass is 352 g/mol. The number of aromatic nitrogens is 2. The van der Waals surface area contributed by atoms with E-state index in [0.29, 0.717) is 5.25 Å². The van der Waals surface area contributed by atoms with Crippen molar-refractivity contribution in [2.75, 3.05) is 44.3 Å². The lowest BCUT2D eigenvalue weighted by molar-refractivity contribution is 0.1000. The highest BCUT2D eigenvalue weighted by molar-refractivity contribution is 7.99. The second-order valence-corrected chi connectivity index (χ2v) is 7.73. The van der Waals surface area contributed by atoms with Gasteiger partial charge in [-0.25, -0.2) is 4.98 Å². The molecule has 0 spiro atoms. The first-order valence-corrected chi connectivity index (χ1v) is 9.45. The lowest BCUT2D eigenvalue weighted by atomic mass is 10.2. The fourth-order valence-corrected chi connectivity index (χ4v) is 4.50. The minimum absolute atomic E-state index is 0.590. The molecule has 0 bridgehead atoms. The summed E-state index contributed by atoms with van der Waals surface area (Å²) in [5, 5.41) is 5.74. The van der Waals surface area contributed by atoms with Gasteiger partial charge in [-0.3, -0.25) is 0 Å². The SMILES string of the molecule is Clc1cc2[nH]c(SC3CCOCC3)nc2cc1N1CCNCC1. The molecule has 2 saturated heterocycles. The fraction of sp³-hybridized carbons (Fsp3) is 0.562. The Balaban J connectivity index is 1.58. The van der Waals surface area contributed by atoms with Gasteiger partial charge in [-0.1, -0.05) is 23.4 Å². The summed E-state index contributed by atoms with van der Waals surface area (Å²) in [5.41, 5.74) is 3.11. The molecule has 1 aromatic carbocycles. The van der Waals surface area contributed by atoms with Crippen molar-refractivity contribution in [3.8, 4) is 0 Å². The third kappa shape index (κ3) is 3.45. The topological polar surface area (TPSA) is 53.2 Å². The zero-order valence-corrected chi connectivity index (χ0v) is 14.6. The highest BCUT2D eigenvalue weighted by atomic mass is 35.5. The van der Waals surface area contributed by atoms with Crippen LogP contribution in [-0.4, -0.2) is 54.6 Å². The summed E-state index contributed by atoms with van der Waals surface area (Å²) in [4.78, 5) is 10.5. The van der Waals surface area contributed by atoms with Crippen LogP contribution in [0.1, 0.15) is 12.8 Å². The van der Waals surface area contributed by atoms with E-state index in [2.05, 4.69) is 21.3 Å². The Morgan fingerprint density at radius 3 is 2.78 bits per heavy atom. The van der Waals surface area contributed by atoms with E-state index < -0.39 is 0 Å². The average molecular weight is 353 g/mol. The summed E-state index contributed by atoms with van der Waals surface area (Å²) in [6, 6.07) is 4.13. The van der Waals surface area contributed by atoms with Crippen molar-refractivity contribution in [3.63, 3.8) is 0 Å². The number of H-pyrrole nitrogens is 1. The first-order chi connectivity index (χ1) is 11.3. The third-order valence-electron chi connectivity index (χ3n) is 4.43. The predicted octanol–water partition coefficient (Wildman–Crippen LogP) is 2.90. The lowest BCUT2D eigenvalue weighted by Crippen LogP contribution is -2.43. The summed E-state index contributed by atoms with van der Waals surface area (Å²) in [6.45, 7) is 5.69. The standard InChI is InChI=1S/C16H21ClN4OS/c17-12-9-13-14(10-15(12)21-5-3-18-4-6-21)20-16(19-13)23-11-1-7-22-8-2-11/h9-11,18H,1-8H2,(H,19,20). The number of nitrogens with one attached hydrogen (secondary N) is 2. The molecule has 0 amide bonds. The molecule has 5 nitrogen and oxygen atoms in total. The van der Waals surface area contributed by atoms with Crippen LogP contribution in [-0.2, 0) is 4.74 Å². The molecule has 0 aliphatic carbocycles. The number of hydrogen-bond acceptors (Lipinski definition) is 5. The fourth-order valence-electron chi connectivity index (χ4n) is 3.15. The van der Waals surface area contributed by atoms with E-state index in [1.807, 2.05) is 17.8 Å². The van der Waals surface area contributed by atoms with Crippen LogP contribution in [0.4, 0.5) is 5.69 Å². The lowest BCUT2D eigenvalue weighted by Gasteiger charge is -2.30. The van der Waals surface area contributed by atoms with Crippen molar-refractivity contribution < 1.29 is 4.74 Å². The number of fused-ring (bicyclic) bond motifs is 1. The Kier molecular flexibility index (Phi) is 4.66. The quantitative estimate of drug-likeness (QED) is 0.889. The number of rotatable bonds is 3. The molecule has 0 atom stereocenters. The van der Waals surface area contributed by atoms with Gasteiger partial charge >= 0.3 is 0 Å². The maximum atomic E-state index is 6.50. The van der Waals surface area contributed by atoms with E-state index in [4.69, 9.17) is 21.3 Å². The first kappa shape index (κ1) is 15.6. The maximum Gasteiger partial charge on any atom is 0.166 e. The molecular formula is C16H21ClN4OS. The minimum atomic E-state index is 0.590. The highest BCUT2D eigenvalue weighted by Crippen LogP contribution is 2.33. The molecule has 0 unspecified atom stereocenters. The molecule has 4 rings (SSSR count). The van der Waals surface area contributed by atoms with Gasteiger partial charge in [-0.05, 0) is 25.0 Å². The Bertz CT molecular complexity index is 680. The van der Waals surface area contributed by atoms with Crippen LogP contribution in [0.15, 0.2) is 17.3 Å². The molecule has 7 heteroatoms. The smallest absolute Gasteiger partial charge is 0.166 e. The largest absolute Gasteiger partial charge is 0.381 e. The van der Waals surface area contributed by atoms with Gasteiger partial charge in [-0.15, -0.1) is 0 Å². The number of ether oxygens (including phenoxy) is 1. The van der Waals surface area contributed by atoms with Gasteiger partial charge in [0.25, 0.3) is 0 Å². The van der Waals surface area contributed by atoms with Crippen molar-refractivity contribution in [2.45, 2.75) is 23.2 Å². The molecule has 2 N–H and O–H groups in total. The van der Waals surface area contributed by atoms with Crippen molar-refractivity contribution in [3.05, 3.63) is 17.2 Å². The van der Waals surface area contributed by atoms with E-state index in [0.717, 1.165) is 79.1 Å². The average Bonchev–Trinajstić information content (AvgIpc) is 2.97. The van der Waals surface area contributed by atoms with Crippen LogP contribution in [0.5, 0.6) is 0 Å². The first-order valence-electron chi connectivity index (χ1n) is 8.19. The van der Waals surface area contributed by atoms with E-state index in [9.17, 15) is 0 Å². The van der Waals surface area contributed by atoms with Crippen LogP contribution < -0.4 is 10.2 Å². The van der Waals surface area contributed by atoms with Gasteiger partial charge in [0.05, 0.1) is 21.7 Å². The Morgan fingerprint density at radius 1 is 1.22 bits per heavy atom. The van der Waals surface area contributed by atoms with Crippen LogP contribution in [0.2, 0.25) is 5.02 Å². The summed E-state index contributed by atoms with van der Waals surface area (Å²) >= 11 is 8.33. The van der Waals surface area contributed by atoms with Crippen molar-refractivity contribution in [2.24, 2.45) is 0 Å². The van der Waals surface area contributed by atoms with Gasteiger partial charge in [0, 0.05) is 44.6 Å². The number of halogens is 1. The van der Waals surface area contributed by atoms with Crippen LogP contribution in [0, 0.1) is 0 Å². The zero-order chi connectivity index (χ0) is 15.6. The van der Waals surface area contributed by atoms with Gasteiger partial charge in [0.15, 0.2) is 5.16 Å². The molecule has 3 heterocycles. The number of nitrogens with zero attached hydrogens (tertiary/aromatic N) is 2. The molecular weight excluding hydrogens is 332 g/mol. The Morgan fingerprint density at radius 2 is 2.00 bits per heavy atom. The van der Waals surface area contributed by atoms with Crippen LogP contribution >= 0.6 is 23.4 Å². The Hall–Kier alpha value is -0.950. The number of benzene rings is 1. The summed E-state index contributed by atoms with van der Waals surface area (Å²) in [7, 11) is 0. The summed E-state index contributed by atoms with van der Waals surface area (Å²) < 4.78 is 5.42. The molecule has 2 fully saturated rings. The Labute approximate surface area is 145 Å². The van der Waals surface area contributed by atoms with Crippen molar-refractivity contribution >= 4 is 40.1 Å². The number of anilines is 1. The molecule has 2 aliphatic heterocycles. The van der Waals surface area contributed by atoms with Crippen molar-refractivity contribution in [1.82, 2.24) is 15.3 Å². The number of aromatic amines is 1. The van der Waals surface area contributed by atoms with Crippen LogP contribution in [0.25, 0.3) is 11.0 Å². The second kappa shape index (κ2) is 6.89.